The number of nitrogens with one attached hydrogen (secondary N) is 1. The number of aromatic nitrogens is 3. The van der Waals surface area contributed by atoms with Gasteiger partial charge in [0.15, 0.2) is 0 Å². The molecule has 0 aromatic carbocycles. The van der Waals surface area contributed by atoms with Gasteiger partial charge in [-0.05, 0) is 89.8 Å². The minimum Gasteiger partial charge on any atom is -0.393 e. The van der Waals surface area contributed by atoms with E-state index in [-0.39, 0.29) is 12.1 Å². The third kappa shape index (κ3) is 5.80. The van der Waals surface area contributed by atoms with Crippen molar-refractivity contribution in [2.24, 2.45) is 0 Å². The number of rotatable bonds is 7. The molecule has 1 unspecified atom stereocenters. The number of amides is 1. The number of anilines is 1. The van der Waals surface area contributed by atoms with Crippen LogP contribution in [0.4, 0.5) is 5.95 Å². The van der Waals surface area contributed by atoms with Crippen molar-refractivity contribution in [1.82, 2.24) is 24.3 Å². The predicted octanol–water partition coefficient (Wildman–Crippen LogP) is 4.70. The van der Waals surface area contributed by atoms with Gasteiger partial charge in [-0.1, -0.05) is 19.8 Å². The fraction of sp³-hybridized carbons (Fsp3) is 0.759. The van der Waals surface area contributed by atoms with Gasteiger partial charge in [0.05, 0.1) is 12.1 Å². The highest BCUT2D eigenvalue weighted by molar-refractivity contribution is 5.83. The van der Waals surface area contributed by atoms with Crippen molar-refractivity contribution in [3.8, 4) is 0 Å². The zero-order valence-corrected chi connectivity index (χ0v) is 23.0. The minimum atomic E-state index is -0.177. The van der Waals surface area contributed by atoms with Crippen LogP contribution < -0.4 is 5.32 Å². The summed E-state index contributed by atoms with van der Waals surface area (Å²) < 4.78 is 2.38. The van der Waals surface area contributed by atoms with E-state index in [1.165, 1.54) is 12.0 Å². The lowest BCUT2D eigenvalue weighted by atomic mass is 9.89. The van der Waals surface area contributed by atoms with Crippen LogP contribution in [0.15, 0.2) is 12.4 Å². The summed E-state index contributed by atoms with van der Waals surface area (Å²) in [6.07, 6.45) is 15.3. The summed E-state index contributed by atoms with van der Waals surface area (Å²) in [7, 11) is 2.10. The number of likely N-dealkylation sites (N-methyl/N-ethyl adjacent to an activating group) is 1. The lowest BCUT2D eigenvalue weighted by Crippen LogP contribution is -2.51. The van der Waals surface area contributed by atoms with Crippen LogP contribution in [-0.2, 0) is 4.79 Å². The fourth-order valence-electron chi connectivity index (χ4n) is 6.80. The molecule has 3 aliphatic rings. The first-order valence-electron chi connectivity index (χ1n) is 14.8. The predicted molar refractivity (Wildman–Crippen MR) is 148 cm³/mol. The number of carbonyl (C=O) groups excluding carboxylic acids is 1. The first kappa shape index (κ1) is 26.4. The molecule has 204 valence electrons. The zero-order valence-electron chi connectivity index (χ0n) is 23.0. The lowest BCUT2D eigenvalue weighted by Gasteiger charge is -2.38. The Morgan fingerprint density at radius 1 is 1.11 bits per heavy atom. The number of hydrogen-bond donors (Lipinski definition) is 2. The van der Waals surface area contributed by atoms with E-state index in [1.54, 1.807) is 0 Å². The largest absolute Gasteiger partial charge is 0.393 e. The van der Waals surface area contributed by atoms with Crippen molar-refractivity contribution in [1.29, 1.82) is 0 Å². The van der Waals surface area contributed by atoms with E-state index in [2.05, 4.69) is 46.8 Å². The molecule has 2 aromatic heterocycles. The molecule has 2 N–H and O–H groups in total. The van der Waals surface area contributed by atoms with Gasteiger partial charge in [0.2, 0.25) is 11.9 Å². The minimum absolute atomic E-state index is 0.0586. The molecule has 1 amide bonds. The monoisotopic (exact) mass is 510 g/mol. The Morgan fingerprint density at radius 3 is 2.57 bits per heavy atom. The number of piperidine rings is 2. The van der Waals surface area contributed by atoms with Crippen LogP contribution in [0.3, 0.4) is 0 Å². The quantitative estimate of drug-likeness (QED) is 0.562. The van der Waals surface area contributed by atoms with Crippen LogP contribution in [0.5, 0.6) is 0 Å². The molecule has 4 heterocycles. The zero-order chi connectivity index (χ0) is 25.9. The van der Waals surface area contributed by atoms with Crippen molar-refractivity contribution < 1.29 is 9.90 Å². The van der Waals surface area contributed by atoms with Gasteiger partial charge in [-0.2, -0.15) is 4.98 Å². The van der Waals surface area contributed by atoms with Crippen molar-refractivity contribution in [3.05, 3.63) is 18.0 Å². The summed E-state index contributed by atoms with van der Waals surface area (Å²) in [5.41, 5.74) is 2.34. The number of fused-ring (bicyclic) bond motifs is 1. The van der Waals surface area contributed by atoms with Crippen molar-refractivity contribution >= 4 is 22.9 Å². The average Bonchev–Trinajstić information content (AvgIpc) is 3.28. The second kappa shape index (κ2) is 11.7. The Morgan fingerprint density at radius 2 is 1.86 bits per heavy atom. The Kier molecular flexibility index (Phi) is 8.34. The first-order chi connectivity index (χ1) is 17.9. The van der Waals surface area contributed by atoms with Crippen LogP contribution in [0.1, 0.15) is 102 Å². The van der Waals surface area contributed by atoms with E-state index in [1.807, 2.05) is 6.20 Å². The standard InChI is InChI=1S/C29H46N6O2/c1-4-7-20(2)31-29-30-18-24-25(19-35(27(24)32-29)22-9-11-23(36)12-10-22)21-13-16-34(17-14-21)28(37)26-8-5-6-15-33(26)3/h18-23,26,36H,4-17H2,1-3H3,(H,30,31,32)/t20-,22-,23-,26?/m0/s1. The number of aliphatic hydroxyl groups is 1. The highest BCUT2D eigenvalue weighted by Crippen LogP contribution is 2.38. The molecule has 1 aliphatic carbocycles. The third-order valence-electron chi connectivity index (χ3n) is 9.06. The maximum absolute atomic E-state index is 13.3. The van der Waals surface area contributed by atoms with Gasteiger partial charge in [0.1, 0.15) is 5.65 Å². The summed E-state index contributed by atoms with van der Waals surface area (Å²) in [4.78, 5) is 27.4. The molecule has 0 radical (unpaired) electrons. The van der Waals surface area contributed by atoms with Gasteiger partial charge in [-0.3, -0.25) is 9.69 Å². The smallest absolute Gasteiger partial charge is 0.239 e. The van der Waals surface area contributed by atoms with E-state index >= 15 is 0 Å². The molecule has 5 rings (SSSR count). The molecule has 8 heteroatoms. The van der Waals surface area contributed by atoms with Gasteiger partial charge >= 0.3 is 0 Å². The van der Waals surface area contributed by atoms with Crippen LogP contribution >= 0.6 is 0 Å². The first-order valence-corrected chi connectivity index (χ1v) is 14.8. The topological polar surface area (TPSA) is 86.5 Å². The van der Waals surface area contributed by atoms with E-state index in [4.69, 9.17) is 9.97 Å². The molecule has 0 bridgehead atoms. The maximum Gasteiger partial charge on any atom is 0.239 e. The molecule has 8 nitrogen and oxygen atoms in total. The molecule has 0 spiro atoms. The van der Waals surface area contributed by atoms with E-state index in [0.29, 0.717) is 29.9 Å². The Bertz CT molecular complexity index is 1050. The summed E-state index contributed by atoms with van der Waals surface area (Å²) in [6, 6.07) is 0.752. The molecular weight excluding hydrogens is 464 g/mol. The maximum atomic E-state index is 13.3. The highest BCUT2D eigenvalue weighted by atomic mass is 16.3. The number of nitrogens with zero attached hydrogens (tertiary/aromatic N) is 5. The summed E-state index contributed by atoms with van der Waals surface area (Å²) >= 11 is 0. The van der Waals surface area contributed by atoms with Crippen molar-refractivity contribution in [2.45, 2.75) is 115 Å². The normalized spacial score (nSPS) is 26.9. The molecule has 2 aromatic rings. The highest BCUT2D eigenvalue weighted by Gasteiger charge is 2.33. The van der Waals surface area contributed by atoms with Gasteiger partial charge in [-0.25, -0.2) is 4.98 Å². The van der Waals surface area contributed by atoms with E-state index in [9.17, 15) is 9.90 Å². The Balaban J connectivity index is 1.36. The van der Waals surface area contributed by atoms with Gasteiger partial charge in [0, 0.05) is 43.0 Å². The number of carbonyl (C=O) groups is 1. The molecule has 2 saturated heterocycles. The molecule has 2 atom stereocenters. The second-order valence-corrected chi connectivity index (χ2v) is 11.8. The summed E-state index contributed by atoms with van der Waals surface area (Å²) in [5.74, 6) is 1.43. The van der Waals surface area contributed by atoms with Gasteiger partial charge in [0.25, 0.3) is 0 Å². The molecule has 3 fully saturated rings. The molecular formula is C29H46N6O2. The lowest BCUT2D eigenvalue weighted by molar-refractivity contribution is -0.138. The second-order valence-electron chi connectivity index (χ2n) is 11.8. The van der Waals surface area contributed by atoms with Crippen LogP contribution in [0, 0.1) is 0 Å². The number of aliphatic hydroxyl groups excluding tert-OH is 1. The van der Waals surface area contributed by atoms with Gasteiger partial charge in [-0.15, -0.1) is 0 Å². The average molecular weight is 511 g/mol. The summed E-state index contributed by atoms with van der Waals surface area (Å²) in [6.45, 7) is 7.06. The van der Waals surface area contributed by atoms with E-state index < -0.39 is 0 Å². The van der Waals surface area contributed by atoms with Crippen LogP contribution in [0.25, 0.3) is 11.0 Å². The Labute approximate surface area is 221 Å². The van der Waals surface area contributed by atoms with Crippen molar-refractivity contribution in [2.75, 3.05) is 32.0 Å². The number of likely N-dealkylation sites (tertiary alicyclic amines) is 2. The fourth-order valence-corrected chi connectivity index (χ4v) is 6.80. The molecule has 37 heavy (non-hydrogen) atoms. The molecule has 2 aliphatic heterocycles. The Hall–Kier alpha value is -2.19. The molecule has 1 saturated carbocycles. The van der Waals surface area contributed by atoms with Crippen LogP contribution in [0.2, 0.25) is 0 Å². The van der Waals surface area contributed by atoms with Crippen LogP contribution in [-0.4, -0.2) is 80.2 Å². The summed E-state index contributed by atoms with van der Waals surface area (Å²) in [5, 5.41) is 14.7. The van der Waals surface area contributed by atoms with Crippen molar-refractivity contribution in [3.63, 3.8) is 0 Å². The number of hydrogen-bond acceptors (Lipinski definition) is 6. The third-order valence-corrected chi connectivity index (χ3v) is 9.06. The van der Waals surface area contributed by atoms with E-state index in [0.717, 1.165) is 94.9 Å². The SMILES string of the molecule is CCC[C@H](C)Nc1ncc2c(C3CCN(C(=O)C4CCCCN4C)CC3)cn([C@H]3CC[C@H](O)CC3)c2n1. The van der Waals surface area contributed by atoms with Gasteiger partial charge < -0.3 is 19.9 Å².